The van der Waals surface area contributed by atoms with Crippen LogP contribution in [0.1, 0.15) is 29.6 Å². The highest BCUT2D eigenvalue weighted by Gasteiger charge is 2.37. The minimum absolute atomic E-state index is 0.0898. The average Bonchev–Trinajstić information content (AvgIpc) is 3.26. The Morgan fingerprint density at radius 1 is 1.38 bits per heavy atom. The first-order valence-corrected chi connectivity index (χ1v) is 8.42. The fourth-order valence-electron chi connectivity index (χ4n) is 3.61. The van der Waals surface area contributed by atoms with Crippen LogP contribution in [-0.4, -0.2) is 44.7 Å². The summed E-state index contributed by atoms with van der Waals surface area (Å²) in [4.78, 5) is 12.9. The van der Waals surface area contributed by atoms with Crippen molar-refractivity contribution in [1.29, 1.82) is 0 Å². The van der Waals surface area contributed by atoms with Gasteiger partial charge in [0.2, 0.25) is 0 Å². The van der Waals surface area contributed by atoms with Gasteiger partial charge >= 0.3 is 0 Å². The van der Waals surface area contributed by atoms with E-state index in [2.05, 4.69) is 31.7 Å². The number of fused-ring (bicyclic) bond motifs is 1. The summed E-state index contributed by atoms with van der Waals surface area (Å²) in [6, 6.07) is 5.46. The lowest BCUT2D eigenvalue weighted by molar-refractivity contribution is 0.0909. The van der Waals surface area contributed by atoms with Gasteiger partial charge in [-0.2, -0.15) is 4.68 Å². The molecule has 126 valence electrons. The summed E-state index contributed by atoms with van der Waals surface area (Å²) >= 11 is 6.09. The number of hydrogen-bond acceptors (Lipinski definition) is 6. The number of carbonyl (C=O) groups is 1. The zero-order valence-electron chi connectivity index (χ0n) is 12.9. The molecule has 4 rings (SSSR count). The Kier molecular flexibility index (Phi) is 4.17. The Hall–Kier alpha value is -2.03. The van der Waals surface area contributed by atoms with E-state index in [1.54, 1.807) is 18.2 Å². The Balaban J connectivity index is 1.59. The zero-order valence-corrected chi connectivity index (χ0v) is 13.7. The maximum absolute atomic E-state index is 12.9. The molecule has 1 aromatic carbocycles. The normalized spacial score (nSPS) is 26.1. The van der Waals surface area contributed by atoms with Gasteiger partial charge in [0.25, 0.3) is 5.91 Å². The second-order valence-corrected chi connectivity index (χ2v) is 6.67. The van der Waals surface area contributed by atoms with E-state index in [1.807, 2.05) is 0 Å². The number of carbonyl (C=O) groups excluding carboxylic acids is 1. The molecule has 1 saturated carbocycles. The molecule has 1 aliphatic carbocycles. The number of nitrogens with zero attached hydrogens (tertiary/aromatic N) is 4. The molecular formula is C15H18ClN7O. The highest BCUT2D eigenvalue weighted by Crippen LogP contribution is 2.27. The van der Waals surface area contributed by atoms with E-state index in [0.717, 1.165) is 19.4 Å². The second-order valence-electron chi connectivity index (χ2n) is 6.24. The van der Waals surface area contributed by atoms with Crippen molar-refractivity contribution < 1.29 is 4.79 Å². The number of aromatic nitrogens is 4. The second kappa shape index (κ2) is 6.46. The number of halogens is 1. The molecule has 3 N–H and O–H groups in total. The van der Waals surface area contributed by atoms with Crippen LogP contribution in [0, 0.1) is 5.92 Å². The molecule has 1 saturated heterocycles. The summed E-state index contributed by atoms with van der Waals surface area (Å²) in [6.07, 6.45) is 4.72. The minimum atomic E-state index is -0.164. The van der Waals surface area contributed by atoms with E-state index in [1.165, 1.54) is 17.4 Å². The summed E-state index contributed by atoms with van der Waals surface area (Å²) in [5.41, 5.74) is 7.55. The van der Waals surface area contributed by atoms with Gasteiger partial charge in [-0.25, -0.2) is 0 Å². The first kappa shape index (κ1) is 15.5. The number of tetrazole rings is 1. The Bertz CT molecular complexity index is 735. The van der Waals surface area contributed by atoms with E-state index in [0.29, 0.717) is 22.2 Å². The van der Waals surface area contributed by atoms with Crippen molar-refractivity contribution in [3.8, 4) is 5.69 Å². The van der Waals surface area contributed by atoms with Crippen LogP contribution in [0.2, 0.25) is 5.02 Å². The van der Waals surface area contributed by atoms with Gasteiger partial charge < -0.3 is 5.32 Å². The largest absolute Gasteiger partial charge is 0.348 e. The highest BCUT2D eigenvalue weighted by molar-refractivity contribution is 6.31. The molecule has 9 heteroatoms. The number of rotatable bonds is 3. The van der Waals surface area contributed by atoms with E-state index in [4.69, 9.17) is 11.6 Å². The van der Waals surface area contributed by atoms with Crippen molar-refractivity contribution in [2.45, 2.75) is 31.3 Å². The number of hydrogen-bond donors (Lipinski definition) is 3. The predicted octanol–water partition coefficient (Wildman–Crippen LogP) is 0.691. The molecule has 1 amide bonds. The summed E-state index contributed by atoms with van der Waals surface area (Å²) < 4.78 is 1.46. The molecule has 3 atom stereocenters. The quantitative estimate of drug-likeness (QED) is 0.756. The molecule has 0 spiro atoms. The Labute approximate surface area is 143 Å². The topological polar surface area (TPSA) is 96.8 Å². The lowest BCUT2D eigenvalue weighted by Crippen LogP contribution is -2.53. The molecule has 1 aliphatic heterocycles. The van der Waals surface area contributed by atoms with Gasteiger partial charge in [0, 0.05) is 23.7 Å². The molecule has 1 aromatic heterocycles. The molecule has 2 aromatic rings. The molecule has 2 heterocycles. The van der Waals surface area contributed by atoms with Crippen LogP contribution >= 0.6 is 11.6 Å². The van der Waals surface area contributed by atoms with E-state index in [9.17, 15) is 4.79 Å². The summed E-state index contributed by atoms with van der Waals surface area (Å²) in [6.45, 7) is 0.948. The van der Waals surface area contributed by atoms with Gasteiger partial charge in [-0.1, -0.05) is 18.0 Å². The van der Waals surface area contributed by atoms with Gasteiger partial charge in [-0.05, 0) is 47.4 Å². The fourth-order valence-corrected chi connectivity index (χ4v) is 3.78. The Morgan fingerprint density at radius 2 is 2.29 bits per heavy atom. The van der Waals surface area contributed by atoms with Crippen molar-refractivity contribution in [3.05, 3.63) is 35.1 Å². The molecule has 8 nitrogen and oxygen atoms in total. The number of nitrogens with one attached hydrogen (secondary N) is 3. The standard InChI is InChI=1S/C15H18ClN7O/c16-10-4-5-13(23-8-18-21-22-23)11(6-10)15(24)19-12-3-1-2-9-7-17-20-14(9)12/h4-6,8-9,12,14,17,20H,1-3,7H2,(H,19,24). The van der Waals surface area contributed by atoms with E-state index >= 15 is 0 Å². The predicted molar refractivity (Wildman–Crippen MR) is 87.7 cm³/mol. The maximum atomic E-state index is 12.9. The highest BCUT2D eigenvalue weighted by atomic mass is 35.5. The third-order valence-corrected chi connectivity index (χ3v) is 5.02. The van der Waals surface area contributed by atoms with Gasteiger partial charge in [0.15, 0.2) is 0 Å². The van der Waals surface area contributed by atoms with Crippen molar-refractivity contribution >= 4 is 17.5 Å². The van der Waals surface area contributed by atoms with Gasteiger partial charge in [-0.3, -0.25) is 15.6 Å². The van der Waals surface area contributed by atoms with Crippen molar-refractivity contribution in [2.75, 3.05) is 6.54 Å². The maximum Gasteiger partial charge on any atom is 0.253 e. The fraction of sp³-hybridized carbons (Fsp3) is 0.467. The summed E-state index contributed by atoms with van der Waals surface area (Å²) in [7, 11) is 0. The van der Waals surface area contributed by atoms with Crippen LogP contribution in [0.3, 0.4) is 0 Å². The van der Waals surface area contributed by atoms with Crippen LogP contribution in [0.15, 0.2) is 24.5 Å². The molecule has 24 heavy (non-hydrogen) atoms. The first-order valence-electron chi connectivity index (χ1n) is 8.04. The summed E-state index contributed by atoms with van der Waals surface area (Å²) in [5.74, 6) is 0.393. The summed E-state index contributed by atoms with van der Waals surface area (Å²) in [5, 5.41) is 14.8. The van der Waals surface area contributed by atoms with Crippen LogP contribution in [-0.2, 0) is 0 Å². The molecule has 3 unspecified atom stereocenters. The zero-order chi connectivity index (χ0) is 16.5. The van der Waals surface area contributed by atoms with Crippen molar-refractivity contribution in [1.82, 2.24) is 36.4 Å². The minimum Gasteiger partial charge on any atom is -0.348 e. The SMILES string of the molecule is O=C(NC1CCCC2CNNC21)c1cc(Cl)ccc1-n1cnnn1. The van der Waals surface area contributed by atoms with Gasteiger partial charge in [-0.15, -0.1) is 5.10 Å². The third kappa shape index (κ3) is 2.88. The molecule has 2 fully saturated rings. The molecule has 0 radical (unpaired) electrons. The molecular weight excluding hydrogens is 330 g/mol. The van der Waals surface area contributed by atoms with Crippen LogP contribution < -0.4 is 16.2 Å². The molecule has 0 bridgehead atoms. The molecule has 2 aliphatic rings. The first-order chi connectivity index (χ1) is 11.7. The van der Waals surface area contributed by atoms with Crippen LogP contribution in [0.25, 0.3) is 5.69 Å². The van der Waals surface area contributed by atoms with Gasteiger partial charge in [0.05, 0.1) is 11.3 Å². The number of amides is 1. The smallest absolute Gasteiger partial charge is 0.253 e. The lowest BCUT2D eigenvalue weighted by Gasteiger charge is -2.33. The van der Waals surface area contributed by atoms with Crippen LogP contribution in [0.4, 0.5) is 0 Å². The Morgan fingerprint density at radius 3 is 3.12 bits per heavy atom. The third-order valence-electron chi connectivity index (χ3n) is 4.78. The number of benzene rings is 1. The van der Waals surface area contributed by atoms with E-state index < -0.39 is 0 Å². The monoisotopic (exact) mass is 347 g/mol. The van der Waals surface area contributed by atoms with Crippen molar-refractivity contribution in [2.24, 2.45) is 5.92 Å². The van der Waals surface area contributed by atoms with Crippen molar-refractivity contribution in [3.63, 3.8) is 0 Å². The van der Waals surface area contributed by atoms with E-state index in [-0.39, 0.29) is 18.0 Å². The average molecular weight is 348 g/mol. The van der Waals surface area contributed by atoms with Crippen LogP contribution in [0.5, 0.6) is 0 Å². The number of hydrazine groups is 1. The lowest BCUT2D eigenvalue weighted by atomic mass is 9.82. The van der Waals surface area contributed by atoms with Gasteiger partial charge in [0.1, 0.15) is 6.33 Å².